The Bertz CT molecular complexity index is 916. The van der Waals surface area contributed by atoms with Crippen LogP contribution in [0.3, 0.4) is 0 Å². The van der Waals surface area contributed by atoms with Gasteiger partial charge >= 0.3 is 0 Å². The number of nitrogens with zero attached hydrogens (tertiary/aromatic N) is 3. The highest BCUT2D eigenvalue weighted by atomic mass is 79.9. The highest BCUT2D eigenvalue weighted by molar-refractivity contribution is 9.10. The summed E-state index contributed by atoms with van der Waals surface area (Å²) >= 11 is 6.73. The summed E-state index contributed by atoms with van der Waals surface area (Å²) in [6.07, 6.45) is 1.87. The van der Waals surface area contributed by atoms with Crippen molar-refractivity contribution < 1.29 is 0 Å². The Morgan fingerprint density at radius 3 is 2.71 bits per heavy atom. The van der Waals surface area contributed by atoms with Crippen LogP contribution in [0.4, 0.5) is 0 Å². The largest absolute Gasteiger partial charge is 0.253 e. The number of hydrogen-bond acceptors (Lipinski definition) is 4. The van der Waals surface area contributed by atoms with Gasteiger partial charge < -0.3 is 0 Å². The molecule has 0 aliphatic rings. The third-order valence-corrected chi connectivity index (χ3v) is 5.34. The van der Waals surface area contributed by atoms with E-state index in [-0.39, 0.29) is 0 Å². The molecule has 2 heterocycles. The fourth-order valence-electron chi connectivity index (χ4n) is 2.02. The fraction of sp³-hybridized carbons (Fsp3) is 0.111. The maximum absolute atomic E-state index is 4.66. The van der Waals surface area contributed by atoms with Crippen LogP contribution in [0.5, 0.6) is 0 Å². The highest BCUT2D eigenvalue weighted by Crippen LogP contribution is 2.22. The molecule has 3 rings (SSSR count). The van der Waals surface area contributed by atoms with Crippen molar-refractivity contribution in [2.75, 3.05) is 6.54 Å². The second-order valence-electron chi connectivity index (χ2n) is 5.26. The van der Waals surface area contributed by atoms with Gasteiger partial charge in [-0.05, 0) is 30.5 Å². The van der Waals surface area contributed by atoms with E-state index in [1.54, 1.807) is 22.7 Å². The Labute approximate surface area is 157 Å². The molecule has 0 saturated heterocycles. The lowest BCUT2D eigenvalue weighted by Gasteiger charge is -2.03. The van der Waals surface area contributed by atoms with Crippen LogP contribution in [0.15, 0.2) is 73.9 Å². The summed E-state index contributed by atoms with van der Waals surface area (Å²) in [5, 5.41) is 8.80. The molecule has 0 aliphatic heterocycles. The number of benzene rings is 1. The van der Waals surface area contributed by atoms with Gasteiger partial charge in [-0.15, -0.1) is 22.7 Å². The smallest absolute Gasteiger partial charge is 0.206 e. The third kappa shape index (κ3) is 4.20. The Hall–Kier alpha value is -1.76. The van der Waals surface area contributed by atoms with E-state index in [2.05, 4.69) is 50.1 Å². The number of halogens is 1. The van der Waals surface area contributed by atoms with Gasteiger partial charge in [0, 0.05) is 20.3 Å². The fourth-order valence-corrected chi connectivity index (χ4v) is 3.70. The average Bonchev–Trinajstić information content (AvgIpc) is 3.21. The second kappa shape index (κ2) is 7.88. The van der Waals surface area contributed by atoms with E-state index in [4.69, 9.17) is 0 Å². The molecular formula is C18H16BrN3S2. The van der Waals surface area contributed by atoms with Crippen LogP contribution in [0.2, 0.25) is 0 Å². The molecule has 0 bridgehead atoms. The standard InChI is InChI=1S/C18H16BrN3S2/c1-13(2)10-20-18-22(21-11-16-4-3-9-23-16)17(12-24-18)14-5-7-15(19)8-6-14/h3-9,11-12H,1,10H2,2H3. The molecule has 0 saturated carbocycles. The van der Waals surface area contributed by atoms with E-state index in [9.17, 15) is 0 Å². The van der Waals surface area contributed by atoms with Crippen LogP contribution in [0.1, 0.15) is 11.8 Å². The molecule has 0 spiro atoms. The lowest BCUT2D eigenvalue weighted by Crippen LogP contribution is -2.12. The topological polar surface area (TPSA) is 29.6 Å². The Balaban J connectivity index is 2.06. The molecular weight excluding hydrogens is 402 g/mol. The molecule has 0 atom stereocenters. The van der Waals surface area contributed by atoms with Crippen molar-refractivity contribution >= 4 is 44.8 Å². The molecule has 0 N–H and O–H groups in total. The van der Waals surface area contributed by atoms with Crippen molar-refractivity contribution in [3.8, 4) is 11.3 Å². The normalized spacial score (nSPS) is 12.2. The van der Waals surface area contributed by atoms with Gasteiger partial charge in [0.05, 0.1) is 18.5 Å². The number of rotatable bonds is 5. The molecule has 6 heteroatoms. The number of thiazole rings is 1. The average molecular weight is 418 g/mol. The monoisotopic (exact) mass is 417 g/mol. The first kappa shape index (κ1) is 17.1. The summed E-state index contributed by atoms with van der Waals surface area (Å²) in [6.45, 7) is 6.50. The number of aromatic nitrogens is 1. The highest BCUT2D eigenvalue weighted by Gasteiger charge is 2.07. The van der Waals surface area contributed by atoms with E-state index in [0.29, 0.717) is 6.54 Å². The number of thiophene rings is 1. The summed E-state index contributed by atoms with van der Waals surface area (Å²) in [4.78, 5) is 6.61. The zero-order valence-electron chi connectivity index (χ0n) is 13.1. The van der Waals surface area contributed by atoms with Crippen LogP contribution in [-0.2, 0) is 0 Å². The molecule has 0 radical (unpaired) electrons. The minimum Gasteiger partial charge on any atom is -0.253 e. The first-order valence-corrected chi connectivity index (χ1v) is 9.88. The third-order valence-electron chi connectivity index (χ3n) is 3.15. The predicted octanol–water partition coefficient (Wildman–Crippen LogP) is 5.40. The maximum atomic E-state index is 4.66. The first-order valence-electron chi connectivity index (χ1n) is 7.33. The zero-order chi connectivity index (χ0) is 16.9. The molecule has 24 heavy (non-hydrogen) atoms. The maximum Gasteiger partial charge on any atom is 0.206 e. The van der Waals surface area contributed by atoms with Crippen molar-refractivity contribution in [1.29, 1.82) is 0 Å². The SMILES string of the molecule is C=C(C)CN=c1scc(-c2ccc(Br)cc2)n1N=Cc1cccs1. The molecule has 2 aromatic heterocycles. The van der Waals surface area contributed by atoms with Gasteiger partial charge in [-0.1, -0.05) is 46.3 Å². The Kier molecular flexibility index (Phi) is 5.60. The van der Waals surface area contributed by atoms with Gasteiger partial charge in [-0.25, -0.2) is 4.68 Å². The van der Waals surface area contributed by atoms with E-state index >= 15 is 0 Å². The van der Waals surface area contributed by atoms with Crippen LogP contribution in [0, 0.1) is 0 Å². The van der Waals surface area contributed by atoms with Crippen LogP contribution >= 0.6 is 38.6 Å². The van der Waals surface area contributed by atoms with Gasteiger partial charge in [-0.2, -0.15) is 5.10 Å². The van der Waals surface area contributed by atoms with Crippen LogP contribution < -0.4 is 4.80 Å². The van der Waals surface area contributed by atoms with Crippen molar-refractivity contribution in [2.45, 2.75) is 6.92 Å². The van der Waals surface area contributed by atoms with Crippen molar-refractivity contribution in [3.63, 3.8) is 0 Å². The molecule has 0 amide bonds. The van der Waals surface area contributed by atoms with Crippen molar-refractivity contribution in [2.24, 2.45) is 10.1 Å². The van der Waals surface area contributed by atoms with E-state index < -0.39 is 0 Å². The predicted molar refractivity (Wildman–Crippen MR) is 108 cm³/mol. The van der Waals surface area contributed by atoms with Crippen molar-refractivity contribution in [3.05, 3.63) is 73.5 Å². The quantitative estimate of drug-likeness (QED) is 0.392. The number of hydrogen-bond donors (Lipinski definition) is 0. The van der Waals surface area contributed by atoms with Crippen LogP contribution in [0.25, 0.3) is 11.3 Å². The van der Waals surface area contributed by atoms with Gasteiger partial charge in [0.1, 0.15) is 0 Å². The molecule has 122 valence electrons. The first-order chi connectivity index (χ1) is 11.6. The van der Waals surface area contributed by atoms with Gasteiger partial charge in [0.2, 0.25) is 4.80 Å². The Morgan fingerprint density at radius 1 is 1.25 bits per heavy atom. The molecule has 0 aliphatic carbocycles. The molecule has 3 nitrogen and oxygen atoms in total. The summed E-state index contributed by atoms with van der Waals surface area (Å²) in [5.41, 5.74) is 3.16. The minimum atomic E-state index is 0.606. The second-order valence-corrected chi connectivity index (χ2v) is 7.99. The van der Waals surface area contributed by atoms with E-state index in [1.807, 2.05) is 47.5 Å². The minimum absolute atomic E-state index is 0.606. The van der Waals surface area contributed by atoms with E-state index in [0.717, 1.165) is 31.0 Å². The van der Waals surface area contributed by atoms with Crippen molar-refractivity contribution in [1.82, 2.24) is 4.68 Å². The summed E-state index contributed by atoms with van der Waals surface area (Å²) in [6, 6.07) is 12.3. The lowest BCUT2D eigenvalue weighted by atomic mass is 10.2. The molecule has 0 unspecified atom stereocenters. The van der Waals surface area contributed by atoms with Crippen LogP contribution in [-0.4, -0.2) is 17.4 Å². The summed E-state index contributed by atoms with van der Waals surface area (Å²) in [7, 11) is 0. The summed E-state index contributed by atoms with van der Waals surface area (Å²) < 4.78 is 2.96. The van der Waals surface area contributed by atoms with Gasteiger partial charge in [-0.3, -0.25) is 4.99 Å². The van der Waals surface area contributed by atoms with Gasteiger partial charge in [0.15, 0.2) is 0 Å². The van der Waals surface area contributed by atoms with E-state index in [1.165, 1.54) is 0 Å². The zero-order valence-corrected chi connectivity index (χ0v) is 16.4. The molecule has 3 aromatic rings. The van der Waals surface area contributed by atoms with Gasteiger partial charge in [0.25, 0.3) is 0 Å². The lowest BCUT2D eigenvalue weighted by molar-refractivity contribution is 0.836. The molecule has 1 aromatic carbocycles. The summed E-state index contributed by atoms with van der Waals surface area (Å²) in [5.74, 6) is 0. The Morgan fingerprint density at radius 2 is 2.04 bits per heavy atom. The molecule has 0 fully saturated rings.